The van der Waals surface area contributed by atoms with Crippen LogP contribution in [0.1, 0.15) is 76.9 Å². The molecule has 10 rings (SSSR count). The summed E-state index contributed by atoms with van der Waals surface area (Å²) >= 11 is 15.1. The minimum atomic E-state index is -1.09. The number of pyridine rings is 2. The van der Waals surface area contributed by atoms with Crippen LogP contribution in [-0.2, 0) is 31.9 Å². The topological polar surface area (TPSA) is 225 Å². The van der Waals surface area contributed by atoms with E-state index in [1.807, 2.05) is 72.4 Å². The number of fused-ring (bicyclic) bond motifs is 6. The molecule has 0 saturated carbocycles. The molecule has 2 atom stereocenters. The molecule has 0 aliphatic carbocycles. The number of hydrogen-bond donors (Lipinski definition) is 4. The highest BCUT2D eigenvalue weighted by Crippen LogP contribution is 2.36. The molecule has 0 spiro atoms. The zero-order valence-corrected chi connectivity index (χ0v) is 43.9. The van der Waals surface area contributed by atoms with Gasteiger partial charge >= 0.3 is 18.0 Å². The van der Waals surface area contributed by atoms with Crippen molar-refractivity contribution in [2.24, 2.45) is 19.8 Å². The van der Waals surface area contributed by atoms with Gasteiger partial charge in [0, 0.05) is 83.9 Å². The van der Waals surface area contributed by atoms with Gasteiger partial charge in [0.1, 0.15) is 37.4 Å². The molecule has 2 fully saturated rings. The molecule has 2 aliphatic heterocycles. The predicted molar refractivity (Wildman–Crippen MR) is 287 cm³/mol. The number of hydrogen-bond acceptors (Lipinski definition) is 13. The fraction of sp³-hybridized carbons (Fsp3) is 0.367. The van der Waals surface area contributed by atoms with Gasteiger partial charge in [-0.1, -0.05) is 59.6 Å². The van der Waals surface area contributed by atoms with Crippen LogP contribution in [0.15, 0.2) is 68.9 Å². The van der Waals surface area contributed by atoms with E-state index in [0.717, 1.165) is 66.0 Å². The van der Waals surface area contributed by atoms with Crippen molar-refractivity contribution in [3.63, 3.8) is 0 Å². The van der Waals surface area contributed by atoms with Gasteiger partial charge in [0.15, 0.2) is 0 Å². The molecule has 6 aromatic heterocycles. The number of piperidine rings is 2. The van der Waals surface area contributed by atoms with Gasteiger partial charge in [-0.05, 0) is 69.7 Å². The van der Waals surface area contributed by atoms with Crippen LogP contribution in [0, 0.1) is 0 Å². The number of thiophene rings is 2. The number of nitrogens with two attached hydrogens (primary N) is 1. The third-order valence-electron chi connectivity index (χ3n) is 12.7. The van der Waals surface area contributed by atoms with E-state index in [1.54, 1.807) is 30.9 Å². The SMILES string of the molecule is Cl.Cn1c(=O)c2c(nc(N3CCC[C@@H](N)C3)n2Cc2ccccc2Cl)c2csc(C(=O)O)c21.Cn1c(=O)c2c(nc(N3CCC[C@@H](NC(=O)OC(C)(C)C)C3)n2Cc2ccccc2Cl)c2csc(C(=O)O)c21. The third-order valence-corrected chi connectivity index (χ3v) is 15.4. The average Bonchev–Trinajstić information content (AvgIpc) is 4.12. The smallest absolute Gasteiger partial charge is 0.407 e. The summed E-state index contributed by atoms with van der Waals surface area (Å²) in [6, 6.07) is 14.8. The predicted octanol–water partition coefficient (Wildman–Crippen LogP) is 8.54. The number of carbonyl (C=O) groups is 3. The summed E-state index contributed by atoms with van der Waals surface area (Å²) in [6.45, 7) is 8.68. The second kappa shape index (κ2) is 20.8. The van der Waals surface area contributed by atoms with E-state index in [-0.39, 0.29) is 45.4 Å². The zero-order valence-electron chi connectivity index (χ0n) is 40.0. The Morgan fingerprint density at radius 2 is 1.18 bits per heavy atom. The molecule has 0 unspecified atom stereocenters. The number of ether oxygens (including phenoxy) is 1. The number of rotatable bonds is 9. The van der Waals surface area contributed by atoms with Gasteiger partial charge in [0.25, 0.3) is 11.1 Å². The number of imidazole rings is 2. The van der Waals surface area contributed by atoms with Crippen LogP contribution in [-0.4, -0.2) is 100 Å². The summed E-state index contributed by atoms with van der Waals surface area (Å²) in [7, 11) is 3.18. The summed E-state index contributed by atoms with van der Waals surface area (Å²) in [5, 5.41) is 28.2. The molecule has 72 heavy (non-hydrogen) atoms. The number of aromatic carboxylic acids is 2. The molecule has 8 heterocycles. The number of nitrogens with zero attached hydrogens (tertiary/aromatic N) is 8. The number of aromatic nitrogens is 6. The minimum absolute atomic E-state index is 0. The lowest BCUT2D eigenvalue weighted by Gasteiger charge is -2.34. The summed E-state index contributed by atoms with van der Waals surface area (Å²) in [5.41, 5.74) is 9.18. The number of amides is 1. The molecule has 18 nitrogen and oxygen atoms in total. The summed E-state index contributed by atoms with van der Waals surface area (Å²) in [5.74, 6) is -0.930. The van der Waals surface area contributed by atoms with E-state index in [4.69, 9.17) is 43.6 Å². The second-order valence-corrected chi connectivity index (χ2v) is 21.4. The van der Waals surface area contributed by atoms with Crippen molar-refractivity contribution in [3.05, 3.63) is 111 Å². The molecule has 23 heteroatoms. The normalized spacial score (nSPS) is 16.2. The molecule has 0 radical (unpaired) electrons. The molecule has 8 aromatic rings. The fourth-order valence-electron chi connectivity index (χ4n) is 9.54. The molecule has 2 saturated heterocycles. The lowest BCUT2D eigenvalue weighted by atomic mass is 10.1. The Morgan fingerprint density at radius 1 is 0.736 bits per heavy atom. The van der Waals surface area contributed by atoms with Crippen LogP contribution >= 0.6 is 58.3 Å². The van der Waals surface area contributed by atoms with E-state index >= 15 is 0 Å². The Hall–Kier alpha value is -6.16. The van der Waals surface area contributed by atoms with E-state index in [0.29, 0.717) is 98.5 Å². The molecular weight excluding hydrogens is 1030 g/mol. The molecule has 1 amide bonds. The van der Waals surface area contributed by atoms with Gasteiger partial charge in [-0.25, -0.2) is 24.4 Å². The van der Waals surface area contributed by atoms with E-state index in [1.165, 1.54) is 9.13 Å². The van der Waals surface area contributed by atoms with Gasteiger partial charge in [0.05, 0.1) is 24.1 Å². The number of anilines is 2. The number of alkyl carbamates (subject to hydrolysis) is 1. The van der Waals surface area contributed by atoms with Crippen molar-refractivity contribution in [2.75, 3.05) is 36.0 Å². The largest absolute Gasteiger partial charge is 0.477 e. The van der Waals surface area contributed by atoms with Crippen LogP contribution in [0.3, 0.4) is 0 Å². The lowest BCUT2D eigenvalue weighted by molar-refractivity contribution is 0.0498. The van der Waals surface area contributed by atoms with Gasteiger partial charge in [-0.15, -0.1) is 35.1 Å². The molecular formula is C49H53Cl3N10O8S2. The number of carbonyl (C=O) groups excluding carboxylic acids is 1. The average molecular weight is 1080 g/mol. The Bertz CT molecular complexity index is 3540. The van der Waals surface area contributed by atoms with Crippen LogP contribution in [0.5, 0.6) is 0 Å². The van der Waals surface area contributed by atoms with Crippen LogP contribution in [0.2, 0.25) is 10.0 Å². The molecule has 5 N–H and O–H groups in total. The monoisotopic (exact) mass is 1080 g/mol. The van der Waals surface area contributed by atoms with Crippen molar-refractivity contribution in [2.45, 2.75) is 77.2 Å². The molecule has 2 aliphatic rings. The molecule has 0 bridgehead atoms. The summed E-state index contributed by atoms with van der Waals surface area (Å²) in [6.07, 6.45) is 2.98. The summed E-state index contributed by atoms with van der Waals surface area (Å²) in [4.78, 5) is 77.6. The maximum absolute atomic E-state index is 13.7. The Balaban J connectivity index is 0.000000193. The first-order valence-corrected chi connectivity index (χ1v) is 25.5. The van der Waals surface area contributed by atoms with Crippen LogP contribution in [0.4, 0.5) is 16.7 Å². The van der Waals surface area contributed by atoms with E-state index in [2.05, 4.69) is 15.1 Å². The number of halogens is 3. The maximum atomic E-state index is 13.7. The lowest BCUT2D eigenvalue weighted by Crippen LogP contribution is -2.49. The first kappa shape index (κ1) is 52.2. The van der Waals surface area contributed by atoms with Crippen molar-refractivity contribution in [3.8, 4) is 0 Å². The van der Waals surface area contributed by atoms with Gasteiger partial charge < -0.3 is 54.1 Å². The highest BCUT2D eigenvalue weighted by molar-refractivity contribution is 7.14. The first-order valence-electron chi connectivity index (χ1n) is 23.0. The van der Waals surface area contributed by atoms with Gasteiger partial charge in [-0.3, -0.25) is 9.59 Å². The van der Waals surface area contributed by atoms with Crippen molar-refractivity contribution >= 4 is 132 Å². The Kier molecular flexibility index (Phi) is 15.0. The van der Waals surface area contributed by atoms with Gasteiger partial charge in [0.2, 0.25) is 11.9 Å². The molecule has 2 aromatic carbocycles. The molecule has 380 valence electrons. The maximum Gasteiger partial charge on any atom is 0.407 e. The van der Waals surface area contributed by atoms with Gasteiger partial charge in [-0.2, -0.15) is 0 Å². The Morgan fingerprint density at radius 3 is 1.61 bits per heavy atom. The van der Waals surface area contributed by atoms with Crippen LogP contribution in [0.25, 0.3) is 43.9 Å². The quantitative estimate of drug-likeness (QED) is 0.106. The van der Waals surface area contributed by atoms with Crippen molar-refractivity contribution < 1.29 is 29.3 Å². The van der Waals surface area contributed by atoms with Crippen molar-refractivity contribution in [1.82, 2.24) is 33.6 Å². The third kappa shape index (κ3) is 9.99. The number of benzene rings is 2. The number of carboxylic acids is 2. The van der Waals surface area contributed by atoms with E-state index in [9.17, 15) is 34.2 Å². The number of aryl methyl sites for hydroxylation is 2. The standard InChI is InChI=1S/C27H30ClN5O5S.C22H22ClN5O3S.ClH/c1-27(2,3)38-26(37)29-16-9-7-11-32(13-16)25-30-19-17-14-39-22(24(35)36)20(17)31(4)23(34)21(19)33(25)12-15-8-5-6-10-18(15)28;1-26-17-14(11-32-19(17)21(30)31)16-18(20(26)29)28(9-12-5-2-3-7-15(12)23)22(25-16)27-8-4-6-13(24)10-27;/h5-6,8,10,14,16H,7,9,11-13H2,1-4H3,(H,29,37)(H,35,36);2-3,5,7,11,13H,4,6,8-10,24H2,1H3,(H,30,31);1H/t16-;13-;/m11./s1. The number of carboxylic acid groups (broad SMARTS) is 2. The zero-order chi connectivity index (χ0) is 50.6. The second-order valence-electron chi connectivity index (χ2n) is 18.8. The summed E-state index contributed by atoms with van der Waals surface area (Å²) < 4.78 is 12.0. The van der Waals surface area contributed by atoms with Crippen molar-refractivity contribution in [1.29, 1.82) is 0 Å². The van der Waals surface area contributed by atoms with Crippen LogP contribution < -0.4 is 32.0 Å². The highest BCUT2D eigenvalue weighted by Gasteiger charge is 2.31. The fourth-order valence-corrected chi connectivity index (χ4v) is 11.8. The Labute approximate surface area is 436 Å². The highest BCUT2D eigenvalue weighted by atomic mass is 35.5. The first-order chi connectivity index (χ1) is 33.8. The minimum Gasteiger partial charge on any atom is -0.477 e. The number of nitrogens with one attached hydrogen (secondary N) is 1. The van der Waals surface area contributed by atoms with E-state index < -0.39 is 23.6 Å².